The number of aryl methyl sites for hydroxylation is 2. The molecule has 198 valence electrons. The van der Waals surface area contributed by atoms with Crippen molar-refractivity contribution < 1.29 is 19.4 Å². The molecule has 2 atom stereocenters. The Morgan fingerprint density at radius 3 is 2.54 bits per heavy atom. The summed E-state index contributed by atoms with van der Waals surface area (Å²) in [5.74, 6) is -0.495. The number of Topliss-reactive ketones (excluding diaryl/α,β-unsaturated/α-hetero) is 1. The topological polar surface area (TPSA) is 79.7 Å². The Bertz CT molecular complexity index is 1680. The fourth-order valence-electron chi connectivity index (χ4n) is 5.60. The number of aliphatic hydroxyl groups is 1. The van der Waals surface area contributed by atoms with Crippen LogP contribution < -0.4 is 9.64 Å². The number of thiazole rings is 1. The standard InChI is InChI=1S/C32H30N2O4S/c1-16(2)20-6-8-21(9-7-20)28-26(29(35)22-10-11-24-23(15-22)14-19(5)38-24)30(36)31(37)34(28)32-33-27-18(4)12-17(3)13-25(27)39-32/h6-13,15-16,19,28,35H,14H2,1-5H3/b29-26+/t19-,28-/m0/s1. The SMILES string of the molecule is Cc1cc(C)c2nc(N3C(=O)C(=O)/C(=C(/O)c4ccc5c(c4)C[C@H](C)O5)[C@@H]3c3ccc(C(C)C)cc3)sc2c1. The molecule has 6 rings (SSSR count). The van der Waals surface area contributed by atoms with Gasteiger partial charge < -0.3 is 9.84 Å². The highest BCUT2D eigenvalue weighted by molar-refractivity contribution is 7.22. The Balaban J connectivity index is 1.54. The third kappa shape index (κ3) is 4.21. The fourth-order valence-corrected chi connectivity index (χ4v) is 6.76. The van der Waals surface area contributed by atoms with Gasteiger partial charge in [-0.1, -0.05) is 55.5 Å². The molecule has 1 fully saturated rings. The normalized spacial score (nSPS) is 20.2. The number of aliphatic hydroxyl groups excluding tert-OH is 1. The number of benzene rings is 3. The van der Waals surface area contributed by atoms with Crippen LogP contribution in [0.25, 0.3) is 16.0 Å². The molecule has 0 bridgehead atoms. The van der Waals surface area contributed by atoms with Crippen LogP contribution in [0.15, 0.2) is 60.2 Å². The summed E-state index contributed by atoms with van der Waals surface area (Å²) in [6.07, 6.45) is 0.767. The third-order valence-electron chi connectivity index (χ3n) is 7.56. The van der Waals surface area contributed by atoms with Crippen LogP contribution in [0, 0.1) is 13.8 Å². The van der Waals surface area contributed by atoms with E-state index < -0.39 is 17.7 Å². The number of nitrogens with zero attached hydrogens (tertiary/aromatic N) is 2. The van der Waals surface area contributed by atoms with Crippen molar-refractivity contribution in [1.29, 1.82) is 0 Å². The second-order valence-corrected chi connectivity index (χ2v) is 11.9. The number of carbonyl (C=O) groups is 2. The summed E-state index contributed by atoms with van der Waals surface area (Å²) in [6.45, 7) is 10.2. The summed E-state index contributed by atoms with van der Waals surface area (Å²) in [6, 6.07) is 16.6. The average Bonchev–Trinajstić information content (AvgIpc) is 3.56. The van der Waals surface area contributed by atoms with E-state index >= 15 is 0 Å². The van der Waals surface area contributed by atoms with E-state index in [1.165, 1.54) is 16.2 Å². The highest BCUT2D eigenvalue weighted by Gasteiger charge is 2.48. The van der Waals surface area contributed by atoms with Crippen molar-refractivity contribution in [2.45, 2.75) is 59.1 Å². The van der Waals surface area contributed by atoms with E-state index in [4.69, 9.17) is 9.72 Å². The first-order chi connectivity index (χ1) is 18.6. The number of anilines is 1. The number of carbonyl (C=O) groups excluding carboxylic acids is 2. The van der Waals surface area contributed by atoms with Crippen molar-refractivity contribution in [3.8, 4) is 5.75 Å². The predicted molar refractivity (Wildman–Crippen MR) is 155 cm³/mol. The maximum Gasteiger partial charge on any atom is 0.301 e. The molecule has 1 aromatic heterocycles. The number of fused-ring (bicyclic) bond motifs is 2. The van der Waals surface area contributed by atoms with Gasteiger partial charge in [0.2, 0.25) is 0 Å². The molecule has 3 aromatic carbocycles. The van der Waals surface area contributed by atoms with Gasteiger partial charge in [-0.3, -0.25) is 14.5 Å². The number of hydrogen-bond acceptors (Lipinski definition) is 6. The first-order valence-corrected chi connectivity index (χ1v) is 14.0. The summed E-state index contributed by atoms with van der Waals surface area (Å²) in [5.41, 5.74) is 6.34. The number of rotatable bonds is 4. The van der Waals surface area contributed by atoms with Gasteiger partial charge >= 0.3 is 5.91 Å². The molecule has 2 aliphatic rings. The second kappa shape index (κ2) is 9.35. The molecule has 4 aromatic rings. The second-order valence-electron chi connectivity index (χ2n) is 10.9. The molecule has 1 N–H and O–H groups in total. The summed E-state index contributed by atoms with van der Waals surface area (Å²) in [5, 5.41) is 12.0. The fraction of sp³-hybridized carbons (Fsp3) is 0.281. The zero-order chi connectivity index (χ0) is 27.6. The van der Waals surface area contributed by atoms with Gasteiger partial charge in [0.25, 0.3) is 5.78 Å². The first-order valence-electron chi connectivity index (χ1n) is 13.2. The molecule has 7 heteroatoms. The highest BCUT2D eigenvalue weighted by Crippen LogP contribution is 2.45. The molecule has 1 saturated heterocycles. The number of ketones is 1. The van der Waals surface area contributed by atoms with Crippen molar-refractivity contribution in [1.82, 2.24) is 4.98 Å². The minimum atomic E-state index is -0.809. The Morgan fingerprint density at radius 2 is 1.82 bits per heavy atom. The molecule has 39 heavy (non-hydrogen) atoms. The van der Waals surface area contributed by atoms with Crippen LogP contribution in [-0.2, 0) is 16.0 Å². The third-order valence-corrected chi connectivity index (χ3v) is 8.56. The number of hydrogen-bond donors (Lipinski definition) is 1. The van der Waals surface area contributed by atoms with Gasteiger partial charge in [-0.2, -0.15) is 0 Å². The molecule has 1 amide bonds. The highest BCUT2D eigenvalue weighted by atomic mass is 32.1. The lowest BCUT2D eigenvalue weighted by atomic mass is 9.93. The molecule has 0 saturated carbocycles. The molecule has 6 nitrogen and oxygen atoms in total. The molecule has 0 radical (unpaired) electrons. The van der Waals surface area contributed by atoms with Crippen LogP contribution in [0.1, 0.15) is 66.1 Å². The van der Waals surface area contributed by atoms with Gasteiger partial charge in [-0.15, -0.1) is 0 Å². The zero-order valence-electron chi connectivity index (χ0n) is 22.6. The molecule has 0 aliphatic carbocycles. The van der Waals surface area contributed by atoms with Crippen LogP contribution in [0.2, 0.25) is 0 Å². The summed E-state index contributed by atoms with van der Waals surface area (Å²) in [7, 11) is 0. The quantitative estimate of drug-likeness (QED) is 0.172. The van der Waals surface area contributed by atoms with Crippen molar-refractivity contribution in [3.63, 3.8) is 0 Å². The van der Waals surface area contributed by atoms with Gasteiger partial charge in [0.15, 0.2) is 5.13 Å². The summed E-state index contributed by atoms with van der Waals surface area (Å²) < 4.78 is 6.76. The van der Waals surface area contributed by atoms with E-state index in [2.05, 4.69) is 19.9 Å². The van der Waals surface area contributed by atoms with Crippen LogP contribution >= 0.6 is 11.3 Å². The van der Waals surface area contributed by atoms with Crippen LogP contribution in [-0.4, -0.2) is 27.9 Å². The largest absolute Gasteiger partial charge is 0.507 e. The predicted octanol–water partition coefficient (Wildman–Crippen LogP) is 6.99. The van der Waals surface area contributed by atoms with Crippen molar-refractivity contribution in [2.24, 2.45) is 0 Å². The lowest BCUT2D eigenvalue weighted by Gasteiger charge is -2.23. The molecule has 0 spiro atoms. The minimum Gasteiger partial charge on any atom is -0.507 e. The van der Waals surface area contributed by atoms with Gasteiger partial charge in [0.05, 0.1) is 21.8 Å². The van der Waals surface area contributed by atoms with E-state index in [0.29, 0.717) is 16.6 Å². The van der Waals surface area contributed by atoms with Gasteiger partial charge in [0, 0.05) is 12.0 Å². The van der Waals surface area contributed by atoms with E-state index in [-0.39, 0.29) is 17.4 Å². The van der Waals surface area contributed by atoms with Crippen LogP contribution in [0.5, 0.6) is 5.75 Å². The Labute approximate surface area is 231 Å². The summed E-state index contributed by atoms with van der Waals surface area (Å²) in [4.78, 5) is 33.5. The maximum atomic E-state index is 13.6. The van der Waals surface area contributed by atoms with Gasteiger partial charge in [-0.25, -0.2) is 4.98 Å². The Morgan fingerprint density at radius 1 is 1.08 bits per heavy atom. The number of amides is 1. The van der Waals surface area contributed by atoms with Crippen LogP contribution in [0.4, 0.5) is 5.13 Å². The van der Waals surface area contributed by atoms with E-state index in [9.17, 15) is 14.7 Å². The lowest BCUT2D eigenvalue weighted by Crippen LogP contribution is -2.29. The van der Waals surface area contributed by atoms with Gasteiger partial charge in [0.1, 0.15) is 17.6 Å². The Hall–Kier alpha value is -3.97. The van der Waals surface area contributed by atoms with Gasteiger partial charge in [-0.05, 0) is 78.8 Å². The monoisotopic (exact) mass is 538 g/mol. The van der Waals surface area contributed by atoms with Crippen molar-refractivity contribution >= 4 is 44.1 Å². The minimum absolute atomic E-state index is 0.0496. The molecular formula is C32H30N2O4S. The summed E-state index contributed by atoms with van der Waals surface area (Å²) >= 11 is 1.38. The molecular weight excluding hydrogens is 508 g/mol. The molecule has 3 heterocycles. The zero-order valence-corrected chi connectivity index (χ0v) is 23.4. The van der Waals surface area contributed by atoms with Crippen LogP contribution in [0.3, 0.4) is 0 Å². The van der Waals surface area contributed by atoms with Crippen molar-refractivity contribution in [2.75, 3.05) is 4.90 Å². The Kier molecular flexibility index (Phi) is 6.07. The molecule has 2 aliphatic heterocycles. The first kappa shape index (κ1) is 25.3. The van der Waals surface area contributed by atoms with E-state index in [1.54, 1.807) is 6.07 Å². The smallest absolute Gasteiger partial charge is 0.301 e. The number of ether oxygens (including phenoxy) is 1. The van der Waals surface area contributed by atoms with Crippen molar-refractivity contribution in [3.05, 3.63) is 93.6 Å². The number of aromatic nitrogens is 1. The average molecular weight is 539 g/mol. The maximum absolute atomic E-state index is 13.6. The van der Waals surface area contributed by atoms with E-state index in [1.807, 2.05) is 63.2 Å². The lowest BCUT2D eigenvalue weighted by molar-refractivity contribution is -0.132. The molecule has 0 unspecified atom stereocenters. The van der Waals surface area contributed by atoms with E-state index in [0.717, 1.165) is 50.2 Å².